The Balaban J connectivity index is 4.17. The van der Waals surface area contributed by atoms with E-state index >= 15 is 0 Å². The predicted molar refractivity (Wildman–Crippen MR) is 37.5 cm³/mol. The Bertz CT molecular complexity index is 220. The van der Waals surface area contributed by atoms with Crippen molar-refractivity contribution in [1.29, 1.82) is 5.26 Å². The van der Waals surface area contributed by atoms with Crippen molar-refractivity contribution >= 4 is 9.73 Å². The summed E-state index contributed by atoms with van der Waals surface area (Å²) in [6.07, 6.45) is 1.56. The largest absolute Gasteiger partial charge is 0.250 e. The van der Waals surface area contributed by atoms with E-state index in [1.807, 2.05) is 6.07 Å². The molecule has 0 bridgehead atoms. The van der Waals surface area contributed by atoms with Gasteiger partial charge in [0.25, 0.3) is 0 Å². The van der Waals surface area contributed by atoms with Gasteiger partial charge in [0.2, 0.25) is 0 Å². The third kappa shape index (κ3) is 3.98. The van der Waals surface area contributed by atoms with Crippen LogP contribution in [0.3, 0.4) is 0 Å². The second-order valence-corrected chi connectivity index (χ2v) is 4.45. The fourth-order valence-electron chi connectivity index (χ4n) is 0.257. The fourth-order valence-corrected chi connectivity index (χ4v) is 0.770. The third-order valence-electron chi connectivity index (χ3n) is 0.944. The summed E-state index contributed by atoms with van der Waals surface area (Å²) in [5.74, 6) is 0.522. The van der Waals surface area contributed by atoms with Crippen LogP contribution >= 0.6 is 0 Å². The Morgan fingerprint density at radius 1 is 1.78 bits per heavy atom. The Morgan fingerprint density at radius 3 is 2.67 bits per heavy atom. The lowest BCUT2D eigenvalue weighted by atomic mass is 10.8. The zero-order valence-electron chi connectivity index (χ0n) is 5.63. The standard InChI is InChI=1S/C5H10N2OS/c1-3-9(2,8)7-5-4-6/h3,5H2,1-2H3/t9-/m1/s1. The highest BCUT2D eigenvalue weighted by atomic mass is 32.2. The van der Waals surface area contributed by atoms with E-state index in [1.54, 1.807) is 13.2 Å². The van der Waals surface area contributed by atoms with Gasteiger partial charge in [0, 0.05) is 21.7 Å². The predicted octanol–water partition coefficient (Wildman–Crippen LogP) is 0.628. The Kier molecular flexibility index (Phi) is 3.25. The highest BCUT2D eigenvalue weighted by molar-refractivity contribution is 7.92. The van der Waals surface area contributed by atoms with Crippen molar-refractivity contribution in [3.05, 3.63) is 0 Å². The van der Waals surface area contributed by atoms with Crippen molar-refractivity contribution in [3.63, 3.8) is 0 Å². The van der Waals surface area contributed by atoms with Crippen LogP contribution in [0.4, 0.5) is 0 Å². The molecule has 0 aliphatic rings. The normalized spacial score (nSPS) is 15.7. The van der Waals surface area contributed by atoms with Gasteiger partial charge < -0.3 is 0 Å². The monoisotopic (exact) mass is 146 g/mol. The fraction of sp³-hybridized carbons (Fsp3) is 0.800. The Morgan fingerprint density at radius 2 is 2.33 bits per heavy atom. The zero-order chi connectivity index (χ0) is 7.33. The smallest absolute Gasteiger partial charge is 0.135 e. The molecule has 0 fully saturated rings. The van der Waals surface area contributed by atoms with Gasteiger partial charge in [-0.15, -0.1) is 0 Å². The Labute approximate surface area is 55.9 Å². The lowest BCUT2D eigenvalue weighted by Gasteiger charge is -1.93. The molecule has 0 spiro atoms. The molecule has 4 heteroatoms. The minimum Gasteiger partial charge on any atom is -0.250 e. The molecule has 0 saturated heterocycles. The number of hydrogen-bond acceptors (Lipinski definition) is 3. The zero-order valence-corrected chi connectivity index (χ0v) is 6.44. The first kappa shape index (κ1) is 8.44. The van der Waals surface area contributed by atoms with Crippen LogP contribution in [0.25, 0.3) is 0 Å². The average Bonchev–Trinajstić information content (AvgIpc) is 1.84. The van der Waals surface area contributed by atoms with Crippen molar-refractivity contribution in [1.82, 2.24) is 0 Å². The number of hydrogen-bond donors (Lipinski definition) is 0. The van der Waals surface area contributed by atoms with Crippen LogP contribution in [0.15, 0.2) is 4.36 Å². The van der Waals surface area contributed by atoms with Gasteiger partial charge in [0.1, 0.15) is 6.54 Å². The van der Waals surface area contributed by atoms with Crippen molar-refractivity contribution in [2.24, 2.45) is 4.36 Å². The topological polar surface area (TPSA) is 53.2 Å². The maximum Gasteiger partial charge on any atom is 0.135 e. The van der Waals surface area contributed by atoms with Crippen LogP contribution in [-0.2, 0) is 9.73 Å². The molecule has 0 heterocycles. The number of rotatable bonds is 2. The summed E-state index contributed by atoms with van der Waals surface area (Å²) >= 11 is 0. The molecule has 0 aromatic carbocycles. The molecule has 1 atom stereocenters. The van der Waals surface area contributed by atoms with E-state index in [0.29, 0.717) is 5.75 Å². The second-order valence-electron chi connectivity index (χ2n) is 1.69. The van der Waals surface area contributed by atoms with Gasteiger partial charge in [-0.3, -0.25) is 4.21 Å². The minimum atomic E-state index is -2.03. The molecule has 0 saturated carbocycles. The molecule has 9 heavy (non-hydrogen) atoms. The summed E-state index contributed by atoms with van der Waals surface area (Å²) in [5.41, 5.74) is 0. The highest BCUT2D eigenvalue weighted by Crippen LogP contribution is 1.87. The van der Waals surface area contributed by atoms with Gasteiger partial charge in [0.15, 0.2) is 0 Å². The van der Waals surface area contributed by atoms with Gasteiger partial charge in [-0.2, -0.15) is 5.26 Å². The molecule has 0 aliphatic carbocycles. The number of nitriles is 1. The second kappa shape index (κ2) is 3.46. The average molecular weight is 146 g/mol. The SMILES string of the molecule is CC[S@@](C)(=O)=NCC#N. The van der Waals surface area contributed by atoms with Crippen LogP contribution in [0.1, 0.15) is 6.92 Å². The molecule has 52 valence electrons. The molecule has 3 nitrogen and oxygen atoms in total. The van der Waals surface area contributed by atoms with E-state index in [1.165, 1.54) is 0 Å². The first-order valence-corrected chi connectivity index (χ1v) is 4.74. The maximum atomic E-state index is 11.0. The summed E-state index contributed by atoms with van der Waals surface area (Å²) in [4.78, 5) is 0. The molecule has 0 aromatic rings. The lowest BCUT2D eigenvalue weighted by Crippen LogP contribution is -1.99. The Hall–Kier alpha value is -0.560. The number of nitrogens with zero attached hydrogens (tertiary/aromatic N) is 2. The molecule has 0 amide bonds. The maximum absolute atomic E-state index is 11.0. The van der Waals surface area contributed by atoms with Gasteiger partial charge in [-0.1, -0.05) is 6.92 Å². The lowest BCUT2D eigenvalue weighted by molar-refractivity contribution is 0.680. The van der Waals surface area contributed by atoms with E-state index in [-0.39, 0.29) is 6.54 Å². The molecule has 0 N–H and O–H groups in total. The van der Waals surface area contributed by atoms with E-state index in [4.69, 9.17) is 5.26 Å². The highest BCUT2D eigenvalue weighted by Gasteiger charge is 1.92. The summed E-state index contributed by atoms with van der Waals surface area (Å²) in [7, 11) is -2.03. The van der Waals surface area contributed by atoms with E-state index in [2.05, 4.69) is 4.36 Å². The first-order chi connectivity index (χ1) is 4.12. The van der Waals surface area contributed by atoms with E-state index < -0.39 is 9.73 Å². The van der Waals surface area contributed by atoms with Crippen molar-refractivity contribution in [2.75, 3.05) is 18.6 Å². The van der Waals surface area contributed by atoms with Crippen LogP contribution in [0.5, 0.6) is 0 Å². The first-order valence-electron chi connectivity index (χ1n) is 2.65. The summed E-state index contributed by atoms with van der Waals surface area (Å²) in [6.45, 7) is 1.84. The molecular formula is C5H10N2OS. The van der Waals surface area contributed by atoms with Crippen molar-refractivity contribution in [3.8, 4) is 6.07 Å². The van der Waals surface area contributed by atoms with E-state index in [0.717, 1.165) is 0 Å². The van der Waals surface area contributed by atoms with Crippen molar-refractivity contribution < 1.29 is 4.21 Å². The summed E-state index contributed by atoms with van der Waals surface area (Å²) in [5, 5.41) is 8.06. The van der Waals surface area contributed by atoms with Gasteiger partial charge in [0.05, 0.1) is 6.07 Å². The molecular weight excluding hydrogens is 136 g/mol. The van der Waals surface area contributed by atoms with Gasteiger partial charge in [-0.05, 0) is 0 Å². The quantitative estimate of drug-likeness (QED) is 0.536. The summed E-state index contributed by atoms with van der Waals surface area (Å²) < 4.78 is 14.7. The minimum absolute atomic E-state index is 0.0448. The molecule has 0 aliphatic heterocycles. The van der Waals surface area contributed by atoms with Gasteiger partial charge >= 0.3 is 0 Å². The van der Waals surface area contributed by atoms with Crippen LogP contribution < -0.4 is 0 Å². The molecule has 0 aromatic heterocycles. The van der Waals surface area contributed by atoms with Crippen molar-refractivity contribution in [2.45, 2.75) is 6.92 Å². The molecule has 0 unspecified atom stereocenters. The summed E-state index contributed by atoms with van der Waals surface area (Å²) in [6, 6.07) is 1.81. The van der Waals surface area contributed by atoms with Crippen LogP contribution in [0, 0.1) is 11.3 Å². The van der Waals surface area contributed by atoms with E-state index in [9.17, 15) is 4.21 Å². The van der Waals surface area contributed by atoms with Crippen LogP contribution in [0.2, 0.25) is 0 Å². The molecule has 0 rings (SSSR count). The molecule has 0 radical (unpaired) electrons. The third-order valence-corrected chi connectivity index (χ3v) is 2.69. The van der Waals surface area contributed by atoms with Crippen LogP contribution in [-0.4, -0.2) is 22.8 Å². The van der Waals surface area contributed by atoms with Gasteiger partial charge in [-0.25, -0.2) is 4.36 Å².